The maximum atomic E-state index is 2.71. The molecule has 0 saturated heterocycles. The molecule has 0 saturated carbocycles. The molecule has 3 aliphatic heterocycles. The topological polar surface area (TPSA) is 6.48 Å². The Morgan fingerprint density at radius 3 is 1.82 bits per heavy atom. The van der Waals surface area contributed by atoms with Crippen LogP contribution in [0.4, 0.5) is 28.4 Å². The highest BCUT2D eigenvalue weighted by Crippen LogP contribution is 2.58. The number of para-hydroxylation sites is 1. The molecule has 0 fully saturated rings. The van der Waals surface area contributed by atoms with Crippen molar-refractivity contribution in [2.75, 3.05) is 9.71 Å². The Kier molecular flexibility index (Phi) is 7.34. The molecule has 8 aromatic carbocycles. The zero-order valence-corrected chi connectivity index (χ0v) is 35.5. The van der Waals surface area contributed by atoms with E-state index in [1.54, 1.807) is 0 Å². The molecule has 290 valence electrons. The Bertz CT molecular complexity index is 3070. The summed E-state index contributed by atoms with van der Waals surface area (Å²) in [6, 6.07) is 62.3. The summed E-state index contributed by atoms with van der Waals surface area (Å²) in [5.41, 5.74) is 22.4. The first kappa shape index (κ1) is 35.6. The van der Waals surface area contributed by atoms with Gasteiger partial charge >= 0.3 is 6.85 Å². The van der Waals surface area contributed by atoms with Crippen LogP contribution in [0.3, 0.4) is 0 Å². The van der Waals surface area contributed by atoms with Crippen LogP contribution >= 0.6 is 0 Å². The summed E-state index contributed by atoms with van der Waals surface area (Å²) in [5.74, 6) is 0. The predicted molar refractivity (Wildman–Crippen MR) is 256 cm³/mol. The number of nitrogens with zero attached hydrogens (tertiary/aromatic N) is 2. The van der Waals surface area contributed by atoms with Crippen LogP contribution in [0, 0.1) is 0 Å². The maximum Gasteiger partial charge on any atom is 0.333 e. The first-order valence-electron chi connectivity index (χ1n) is 21.8. The summed E-state index contributed by atoms with van der Waals surface area (Å²) >= 11 is 0. The summed E-state index contributed by atoms with van der Waals surface area (Å²) in [4.78, 5) is 5.37. The van der Waals surface area contributed by atoms with Gasteiger partial charge in [0.05, 0.1) is 5.69 Å². The third kappa shape index (κ3) is 4.90. The molecule has 0 N–H and O–H groups in total. The number of anilines is 5. The van der Waals surface area contributed by atoms with Crippen LogP contribution in [-0.4, -0.2) is 6.85 Å². The van der Waals surface area contributed by atoms with Gasteiger partial charge < -0.3 is 9.71 Å². The van der Waals surface area contributed by atoms with Crippen LogP contribution in [-0.2, 0) is 16.2 Å². The van der Waals surface area contributed by atoms with Crippen LogP contribution in [0.25, 0.3) is 44.2 Å². The average molecular weight is 773 g/mol. The number of fused-ring (bicyclic) bond motifs is 9. The lowest BCUT2D eigenvalue weighted by Gasteiger charge is -2.51. The zero-order valence-electron chi connectivity index (χ0n) is 35.5. The van der Waals surface area contributed by atoms with Crippen molar-refractivity contribution in [3.05, 3.63) is 186 Å². The van der Waals surface area contributed by atoms with Gasteiger partial charge in [0.2, 0.25) is 0 Å². The minimum Gasteiger partial charge on any atom is -0.376 e. The fourth-order valence-electron chi connectivity index (χ4n) is 11.6. The first-order chi connectivity index (χ1) is 29.0. The van der Waals surface area contributed by atoms with Gasteiger partial charge in [0.15, 0.2) is 0 Å². The highest BCUT2D eigenvalue weighted by Gasteiger charge is 2.51. The second-order valence-corrected chi connectivity index (χ2v) is 19.6. The van der Waals surface area contributed by atoms with Gasteiger partial charge in [0, 0.05) is 33.7 Å². The summed E-state index contributed by atoms with van der Waals surface area (Å²) in [7, 11) is 0. The van der Waals surface area contributed by atoms with Crippen LogP contribution in [0.2, 0.25) is 0 Å². The second-order valence-electron chi connectivity index (χ2n) is 19.6. The molecule has 0 spiro atoms. The molecule has 4 aliphatic rings. The van der Waals surface area contributed by atoms with Gasteiger partial charge in [-0.25, -0.2) is 0 Å². The van der Waals surface area contributed by atoms with Crippen molar-refractivity contribution < 1.29 is 0 Å². The third-order valence-electron chi connectivity index (χ3n) is 14.8. The SMILES string of the molecule is CC1(C)CCC(C)(C)c2cc3c(cc21)-c1cc(-c2ccccc2)cc2c1B(c1cccc4c1N2c1ccc2ccccc2c1C4(C)C)N3c1ccc(-c2ccccc2)cc1. The molecule has 3 heterocycles. The Hall–Kier alpha value is -6.32. The number of hydrogen-bond donors (Lipinski definition) is 0. The van der Waals surface area contributed by atoms with E-state index in [0.29, 0.717) is 0 Å². The Balaban J connectivity index is 1.22. The highest BCUT2D eigenvalue weighted by molar-refractivity contribution is 6.93. The normalized spacial score (nSPS) is 17.0. The van der Waals surface area contributed by atoms with Crippen LogP contribution in [0.15, 0.2) is 164 Å². The number of hydrogen-bond acceptors (Lipinski definition) is 2. The zero-order chi connectivity index (χ0) is 40.7. The van der Waals surface area contributed by atoms with Crippen LogP contribution in [0.5, 0.6) is 0 Å². The van der Waals surface area contributed by atoms with E-state index >= 15 is 0 Å². The van der Waals surface area contributed by atoms with E-state index in [1.807, 2.05) is 0 Å². The molecule has 12 rings (SSSR count). The molecule has 2 nitrogen and oxygen atoms in total. The molecule has 3 heteroatoms. The minimum atomic E-state index is -0.237. The standard InChI is InChI=1S/C57H49BN2/c1-55(2)30-31-56(3,4)47-35-50-43(34-46(47)55)44-32-40(37-18-11-8-12-19-37)33-51-53(44)58(60(50)41-27-24-38(25-28-41)36-16-9-7-10-17-36)48-23-15-22-45-54(48)59(51)49-29-26-39-20-13-14-21-42(39)52(49)57(45,5)6/h7-29,32-35H,30-31H2,1-6H3. The van der Waals surface area contributed by atoms with E-state index < -0.39 is 0 Å². The van der Waals surface area contributed by atoms with E-state index in [4.69, 9.17) is 0 Å². The van der Waals surface area contributed by atoms with Gasteiger partial charge in [-0.2, -0.15) is 0 Å². The fraction of sp³-hybridized carbons (Fsp3) is 0.193. The smallest absolute Gasteiger partial charge is 0.333 e. The molecule has 0 radical (unpaired) electrons. The Morgan fingerprint density at radius 2 is 1.10 bits per heavy atom. The molecular formula is C57H49BN2. The number of rotatable bonds is 3. The lowest BCUT2D eigenvalue weighted by molar-refractivity contribution is 0.332. The molecule has 1 aliphatic carbocycles. The van der Waals surface area contributed by atoms with Gasteiger partial charge in [0.25, 0.3) is 0 Å². The van der Waals surface area contributed by atoms with E-state index in [1.165, 1.54) is 119 Å². The minimum absolute atomic E-state index is 0.0448. The lowest BCUT2D eigenvalue weighted by atomic mass is 9.42. The van der Waals surface area contributed by atoms with Crippen molar-refractivity contribution in [1.82, 2.24) is 0 Å². The van der Waals surface area contributed by atoms with Crippen molar-refractivity contribution in [2.45, 2.75) is 70.6 Å². The van der Waals surface area contributed by atoms with Crippen molar-refractivity contribution in [3.8, 4) is 33.4 Å². The monoisotopic (exact) mass is 772 g/mol. The van der Waals surface area contributed by atoms with E-state index in [2.05, 4.69) is 215 Å². The molecular weight excluding hydrogens is 723 g/mol. The van der Waals surface area contributed by atoms with Gasteiger partial charge in [-0.1, -0.05) is 163 Å². The van der Waals surface area contributed by atoms with Crippen molar-refractivity contribution in [1.29, 1.82) is 0 Å². The van der Waals surface area contributed by atoms with Gasteiger partial charge in [-0.3, -0.25) is 0 Å². The third-order valence-corrected chi connectivity index (χ3v) is 14.8. The fourth-order valence-corrected chi connectivity index (χ4v) is 11.6. The van der Waals surface area contributed by atoms with Crippen molar-refractivity contribution >= 4 is 57.0 Å². The van der Waals surface area contributed by atoms with Crippen LogP contribution in [0.1, 0.15) is 76.6 Å². The van der Waals surface area contributed by atoms with Crippen LogP contribution < -0.4 is 20.6 Å². The van der Waals surface area contributed by atoms with Crippen molar-refractivity contribution in [3.63, 3.8) is 0 Å². The summed E-state index contributed by atoms with van der Waals surface area (Å²) in [5, 5.41) is 2.61. The lowest BCUT2D eigenvalue weighted by Crippen LogP contribution is -2.62. The molecule has 0 unspecified atom stereocenters. The first-order valence-corrected chi connectivity index (χ1v) is 21.8. The molecule has 0 amide bonds. The Labute approximate surface area is 355 Å². The molecule has 60 heavy (non-hydrogen) atoms. The number of benzene rings is 8. The average Bonchev–Trinajstić information content (AvgIpc) is 3.27. The molecule has 8 aromatic rings. The largest absolute Gasteiger partial charge is 0.376 e. The highest BCUT2D eigenvalue weighted by atomic mass is 15.2. The van der Waals surface area contributed by atoms with E-state index in [0.717, 1.165) is 0 Å². The maximum absolute atomic E-state index is 2.71. The molecule has 0 aromatic heterocycles. The van der Waals surface area contributed by atoms with Gasteiger partial charge in [0.1, 0.15) is 0 Å². The molecule has 0 atom stereocenters. The quantitative estimate of drug-likeness (QED) is 0.165. The van der Waals surface area contributed by atoms with Gasteiger partial charge in [-0.05, 0) is 138 Å². The summed E-state index contributed by atoms with van der Waals surface area (Å²) in [6.45, 7) is 14.7. The predicted octanol–water partition coefficient (Wildman–Crippen LogP) is 13.9. The van der Waals surface area contributed by atoms with Crippen molar-refractivity contribution in [2.24, 2.45) is 0 Å². The van der Waals surface area contributed by atoms with E-state index in [9.17, 15) is 0 Å². The van der Waals surface area contributed by atoms with Gasteiger partial charge in [-0.15, -0.1) is 0 Å². The summed E-state index contributed by atoms with van der Waals surface area (Å²) in [6.07, 6.45) is 2.34. The molecule has 0 bridgehead atoms. The Morgan fingerprint density at radius 1 is 0.467 bits per heavy atom. The van der Waals surface area contributed by atoms with E-state index in [-0.39, 0.29) is 23.1 Å². The summed E-state index contributed by atoms with van der Waals surface area (Å²) < 4.78 is 0. The second kappa shape index (κ2) is 12.4.